The summed E-state index contributed by atoms with van der Waals surface area (Å²) in [5.74, 6) is -0.00992. The van der Waals surface area contributed by atoms with E-state index in [0.717, 1.165) is 12.1 Å². The van der Waals surface area contributed by atoms with Crippen LogP contribution in [0.3, 0.4) is 0 Å². The van der Waals surface area contributed by atoms with Crippen molar-refractivity contribution in [1.29, 1.82) is 0 Å². The van der Waals surface area contributed by atoms with E-state index in [2.05, 4.69) is 11.8 Å². The van der Waals surface area contributed by atoms with Crippen molar-refractivity contribution in [2.24, 2.45) is 0 Å². The molecule has 0 amide bonds. The number of carbonyl (C=O) groups excluding carboxylic acids is 1. The SMILES string of the molecule is CCCC[C@H]1CC[C@H]2CC[C@H](CC(=O)OCC)N21. The lowest BCUT2D eigenvalue weighted by Gasteiger charge is -2.30. The molecule has 2 aliphatic rings. The summed E-state index contributed by atoms with van der Waals surface area (Å²) in [6.07, 6.45) is 9.66. The third-order valence-corrected chi connectivity index (χ3v) is 4.53. The van der Waals surface area contributed by atoms with Crippen LogP contribution < -0.4 is 0 Å². The Bertz CT molecular complexity index is 280. The minimum atomic E-state index is -0.00992. The third kappa shape index (κ3) is 3.05. The van der Waals surface area contributed by atoms with Crippen LogP contribution in [-0.2, 0) is 9.53 Å². The molecule has 18 heavy (non-hydrogen) atoms. The summed E-state index contributed by atoms with van der Waals surface area (Å²) in [6.45, 7) is 4.65. The summed E-state index contributed by atoms with van der Waals surface area (Å²) in [5.41, 5.74) is 0. The molecule has 0 N–H and O–H groups in total. The first kappa shape index (κ1) is 13.9. The second-order valence-electron chi connectivity index (χ2n) is 5.71. The Morgan fingerprint density at radius 2 is 1.89 bits per heavy atom. The number of unbranched alkanes of at least 4 members (excludes halogenated alkanes) is 1. The van der Waals surface area contributed by atoms with Crippen LogP contribution in [0.1, 0.15) is 65.2 Å². The van der Waals surface area contributed by atoms with Gasteiger partial charge >= 0.3 is 5.97 Å². The maximum Gasteiger partial charge on any atom is 0.307 e. The van der Waals surface area contributed by atoms with Crippen molar-refractivity contribution in [3.8, 4) is 0 Å². The molecule has 2 rings (SSSR count). The van der Waals surface area contributed by atoms with E-state index >= 15 is 0 Å². The maximum atomic E-state index is 11.7. The molecule has 2 saturated heterocycles. The van der Waals surface area contributed by atoms with E-state index in [1.807, 2.05) is 6.92 Å². The van der Waals surface area contributed by atoms with E-state index in [9.17, 15) is 4.79 Å². The van der Waals surface area contributed by atoms with Crippen LogP contribution in [-0.4, -0.2) is 35.6 Å². The largest absolute Gasteiger partial charge is 0.466 e. The molecule has 0 spiro atoms. The lowest BCUT2D eigenvalue weighted by Crippen LogP contribution is -2.39. The number of nitrogens with zero attached hydrogens (tertiary/aromatic N) is 1. The van der Waals surface area contributed by atoms with Crippen LogP contribution in [0.4, 0.5) is 0 Å². The number of hydrogen-bond acceptors (Lipinski definition) is 3. The molecule has 3 heteroatoms. The number of ether oxygens (including phenoxy) is 1. The molecular formula is C15H27NO2. The highest BCUT2D eigenvalue weighted by atomic mass is 16.5. The average molecular weight is 253 g/mol. The third-order valence-electron chi connectivity index (χ3n) is 4.53. The molecule has 0 unspecified atom stereocenters. The van der Waals surface area contributed by atoms with E-state index in [1.165, 1.54) is 44.9 Å². The summed E-state index contributed by atoms with van der Waals surface area (Å²) < 4.78 is 5.10. The second-order valence-corrected chi connectivity index (χ2v) is 5.71. The highest BCUT2D eigenvalue weighted by Crippen LogP contribution is 2.39. The van der Waals surface area contributed by atoms with Gasteiger partial charge in [0.05, 0.1) is 13.0 Å². The second kappa shape index (κ2) is 6.55. The number of fused-ring (bicyclic) bond motifs is 1. The Morgan fingerprint density at radius 1 is 1.17 bits per heavy atom. The predicted octanol–water partition coefficient (Wildman–Crippen LogP) is 3.13. The Balaban J connectivity index is 1.89. The molecule has 0 aromatic rings. The smallest absolute Gasteiger partial charge is 0.307 e. The number of rotatable bonds is 6. The van der Waals surface area contributed by atoms with Gasteiger partial charge in [0.2, 0.25) is 0 Å². The molecule has 0 aliphatic carbocycles. The van der Waals surface area contributed by atoms with Gasteiger partial charge in [0, 0.05) is 18.1 Å². The Morgan fingerprint density at radius 3 is 2.56 bits per heavy atom. The highest BCUT2D eigenvalue weighted by molar-refractivity contribution is 5.70. The molecule has 0 saturated carbocycles. The van der Waals surface area contributed by atoms with Gasteiger partial charge < -0.3 is 4.74 Å². The van der Waals surface area contributed by atoms with E-state index in [1.54, 1.807) is 0 Å². The van der Waals surface area contributed by atoms with Gasteiger partial charge in [-0.25, -0.2) is 0 Å². The van der Waals surface area contributed by atoms with Crippen LogP contribution >= 0.6 is 0 Å². The quantitative estimate of drug-likeness (QED) is 0.681. The van der Waals surface area contributed by atoms with Crippen LogP contribution in [0, 0.1) is 0 Å². The average Bonchev–Trinajstić information content (AvgIpc) is 2.91. The molecule has 0 aromatic carbocycles. The van der Waals surface area contributed by atoms with E-state index in [-0.39, 0.29) is 5.97 Å². The molecule has 3 atom stereocenters. The van der Waals surface area contributed by atoms with Gasteiger partial charge in [0.1, 0.15) is 0 Å². The maximum absolute atomic E-state index is 11.7. The first-order valence-electron chi connectivity index (χ1n) is 7.69. The Hall–Kier alpha value is -0.570. The molecule has 2 aliphatic heterocycles. The first-order valence-corrected chi connectivity index (χ1v) is 7.69. The van der Waals surface area contributed by atoms with Crippen molar-refractivity contribution in [2.75, 3.05) is 6.61 Å². The van der Waals surface area contributed by atoms with Gasteiger partial charge in [-0.3, -0.25) is 9.69 Å². The summed E-state index contributed by atoms with van der Waals surface area (Å²) in [7, 11) is 0. The van der Waals surface area contributed by atoms with Gasteiger partial charge in [0.25, 0.3) is 0 Å². The number of esters is 1. The van der Waals surface area contributed by atoms with Crippen LogP contribution in [0.5, 0.6) is 0 Å². The minimum Gasteiger partial charge on any atom is -0.466 e. The highest BCUT2D eigenvalue weighted by Gasteiger charge is 2.42. The fourth-order valence-electron chi connectivity index (χ4n) is 3.76. The van der Waals surface area contributed by atoms with Crippen molar-refractivity contribution in [3.05, 3.63) is 0 Å². The first-order chi connectivity index (χ1) is 8.76. The van der Waals surface area contributed by atoms with Crippen molar-refractivity contribution in [2.45, 2.75) is 83.3 Å². The van der Waals surface area contributed by atoms with Crippen LogP contribution in [0.2, 0.25) is 0 Å². The van der Waals surface area contributed by atoms with Gasteiger partial charge in [0.15, 0.2) is 0 Å². The van der Waals surface area contributed by atoms with E-state index in [0.29, 0.717) is 19.1 Å². The molecule has 2 heterocycles. The molecule has 3 nitrogen and oxygen atoms in total. The van der Waals surface area contributed by atoms with E-state index < -0.39 is 0 Å². The van der Waals surface area contributed by atoms with Gasteiger partial charge in [-0.2, -0.15) is 0 Å². The van der Waals surface area contributed by atoms with Crippen LogP contribution in [0.25, 0.3) is 0 Å². The van der Waals surface area contributed by atoms with Gasteiger partial charge in [-0.05, 0) is 39.0 Å². The lowest BCUT2D eigenvalue weighted by atomic mass is 10.0. The van der Waals surface area contributed by atoms with Gasteiger partial charge in [-0.1, -0.05) is 19.8 Å². The molecule has 104 valence electrons. The monoisotopic (exact) mass is 253 g/mol. The molecule has 0 aromatic heterocycles. The zero-order valence-electron chi connectivity index (χ0n) is 11.9. The fraction of sp³-hybridized carbons (Fsp3) is 0.933. The molecule has 0 radical (unpaired) electrons. The Kier molecular flexibility index (Phi) is 5.04. The molecule has 2 fully saturated rings. The standard InChI is InChI=1S/C15H27NO2/c1-3-5-6-12-7-8-13-9-10-14(16(12)13)11-15(17)18-4-2/h12-14H,3-11H2,1-2H3/t12-,13-,14+/m0/s1. The Labute approximate surface area is 111 Å². The number of carbonyl (C=O) groups is 1. The summed E-state index contributed by atoms with van der Waals surface area (Å²) in [5, 5.41) is 0. The van der Waals surface area contributed by atoms with Crippen LogP contribution in [0.15, 0.2) is 0 Å². The summed E-state index contributed by atoms with van der Waals surface area (Å²) in [4.78, 5) is 14.3. The molecule has 0 bridgehead atoms. The normalized spacial score (nSPS) is 31.6. The number of hydrogen-bond donors (Lipinski definition) is 0. The molecular weight excluding hydrogens is 226 g/mol. The van der Waals surface area contributed by atoms with E-state index in [4.69, 9.17) is 4.74 Å². The summed E-state index contributed by atoms with van der Waals surface area (Å²) in [6, 6.07) is 1.95. The summed E-state index contributed by atoms with van der Waals surface area (Å²) >= 11 is 0. The van der Waals surface area contributed by atoms with Crippen molar-refractivity contribution >= 4 is 5.97 Å². The van der Waals surface area contributed by atoms with Crippen molar-refractivity contribution in [3.63, 3.8) is 0 Å². The lowest BCUT2D eigenvalue weighted by molar-refractivity contribution is -0.144. The zero-order chi connectivity index (χ0) is 13.0. The minimum absolute atomic E-state index is 0.00992. The van der Waals surface area contributed by atoms with Crippen molar-refractivity contribution in [1.82, 2.24) is 4.90 Å². The zero-order valence-corrected chi connectivity index (χ0v) is 11.9. The predicted molar refractivity (Wildman–Crippen MR) is 72.4 cm³/mol. The van der Waals surface area contributed by atoms with Gasteiger partial charge in [-0.15, -0.1) is 0 Å². The van der Waals surface area contributed by atoms with Crippen molar-refractivity contribution < 1.29 is 9.53 Å². The topological polar surface area (TPSA) is 29.5 Å². The fourth-order valence-corrected chi connectivity index (χ4v) is 3.76.